The van der Waals surface area contributed by atoms with E-state index in [-0.39, 0.29) is 12.1 Å². The van der Waals surface area contributed by atoms with Gasteiger partial charge in [0.2, 0.25) is 10.0 Å². The number of alkyl halides is 3. The third kappa shape index (κ3) is 2.65. The molecule has 106 valence electrons. The van der Waals surface area contributed by atoms with Crippen molar-refractivity contribution in [2.45, 2.75) is 44.6 Å². The van der Waals surface area contributed by atoms with Crippen molar-refractivity contribution in [1.82, 2.24) is 9.21 Å². The van der Waals surface area contributed by atoms with Crippen LogP contribution in [0.3, 0.4) is 0 Å². The first kappa shape index (κ1) is 14.1. The van der Waals surface area contributed by atoms with Crippen LogP contribution in [0, 0.1) is 0 Å². The van der Waals surface area contributed by atoms with Gasteiger partial charge in [0.15, 0.2) is 5.75 Å². The van der Waals surface area contributed by atoms with Crippen LogP contribution in [-0.4, -0.2) is 60.8 Å². The molecule has 18 heavy (non-hydrogen) atoms. The first-order chi connectivity index (χ1) is 8.10. The second-order valence-electron chi connectivity index (χ2n) is 5.29. The molecule has 0 aromatic heterocycles. The van der Waals surface area contributed by atoms with Crippen LogP contribution in [0.5, 0.6) is 0 Å². The quantitative estimate of drug-likeness (QED) is 0.778. The third-order valence-electron chi connectivity index (χ3n) is 3.55. The molecule has 0 aromatic rings. The van der Waals surface area contributed by atoms with Gasteiger partial charge in [-0.2, -0.15) is 17.5 Å². The van der Waals surface area contributed by atoms with Gasteiger partial charge in [0.1, 0.15) is 0 Å². The maximum atomic E-state index is 12.2. The Bertz CT molecular complexity index is 409. The van der Waals surface area contributed by atoms with E-state index in [9.17, 15) is 21.6 Å². The van der Waals surface area contributed by atoms with E-state index in [1.54, 1.807) is 0 Å². The van der Waals surface area contributed by atoms with Crippen LogP contribution < -0.4 is 0 Å². The monoisotopic (exact) mass is 286 g/mol. The average Bonchev–Trinajstić information content (AvgIpc) is 2.12. The maximum Gasteiger partial charge on any atom is 0.404 e. The van der Waals surface area contributed by atoms with Gasteiger partial charge in [-0.05, 0) is 20.3 Å². The van der Waals surface area contributed by atoms with E-state index in [1.807, 2.05) is 13.8 Å². The van der Waals surface area contributed by atoms with Gasteiger partial charge in [-0.25, -0.2) is 8.42 Å². The van der Waals surface area contributed by atoms with Crippen LogP contribution in [0.15, 0.2) is 0 Å². The van der Waals surface area contributed by atoms with Crippen molar-refractivity contribution in [1.29, 1.82) is 0 Å². The van der Waals surface area contributed by atoms with Crippen molar-refractivity contribution in [3.8, 4) is 0 Å². The maximum absolute atomic E-state index is 12.2. The molecule has 3 aliphatic rings. The minimum Gasteiger partial charge on any atom is -0.298 e. The zero-order valence-corrected chi connectivity index (χ0v) is 11.1. The molecule has 0 amide bonds. The lowest BCUT2D eigenvalue weighted by Crippen LogP contribution is -2.71. The Morgan fingerprint density at radius 3 is 2.11 bits per heavy atom. The zero-order valence-electron chi connectivity index (χ0n) is 10.3. The van der Waals surface area contributed by atoms with E-state index < -0.39 is 22.0 Å². The van der Waals surface area contributed by atoms with E-state index in [2.05, 4.69) is 4.90 Å². The van der Waals surface area contributed by atoms with E-state index in [0.29, 0.717) is 25.6 Å². The summed E-state index contributed by atoms with van der Waals surface area (Å²) in [6, 6.07) is -0.264. The lowest BCUT2D eigenvalue weighted by atomic mass is 9.90. The van der Waals surface area contributed by atoms with Crippen molar-refractivity contribution in [2.24, 2.45) is 0 Å². The molecule has 3 aliphatic heterocycles. The predicted molar refractivity (Wildman–Crippen MR) is 60.6 cm³/mol. The number of nitrogens with zero attached hydrogens (tertiary/aromatic N) is 2. The molecule has 0 radical (unpaired) electrons. The number of rotatable bonds is 3. The number of piperidine rings is 1. The van der Waals surface area contributed by atoms with Gasteiger partial charge in [0.25, 0.3) is 0 Å². The molecule has 3 rings (SSSR count). The number of sulfonamides is 1. The number of hydrogen-bond acceptors (Lipinski definition) is 3. The van der Waals surface area contributed by atoms with Crippen molar-refractivity contribution >= 4 is 10.0 Å². The van der Waals surface area contributed by atoms with Crippen LogP contribution in [0.2, 0.25) is 0 Å². The highest BCUT2D eigenvalue weighted by atomic mass is 32.2. The molecule has 3 fully saturated rings. The molecule has 0 aliphatic carbocycles. The minimum atomic E-state index is -4.67. The smallest absolute Gasteiger partial charge is 0.298 e. The highest BCUT2D eigenvalue weighted by Gasteiger charge is 2.53. The standard InChI is InChI=1S/C10H17F3N2O2S/c1-7(2)14-4-8-3-9(5-14)15(8)18(16,17)6-10(11,12)13/h7-9H,3-6H2,1-2H3. The first-order valence-corrected chi connectivity index (χ1v) is 7.53. The van der Waals surface area contributed by atoms with Crippen LogP contribution in [0.1, 0.15) is 20.3 Å². The Morgan fingerprint density at radius 1 is 1.22 bits per heavy atom. The number of halogens is 3. The number of piperazine rings is 1. The van der Waals surface area contributed by atoms with E-state index in [0.717, 1.165) is 4.31 Å². The molecule has 2 unspecified atom stereocenters. The number of hydrogen-bond donors (Lipinski definition) is 0. The number of fused-ring (bicyclic) bond motifs is 2. The second kappa shape index (κ2) is 4.35. The lowest BCUT2D eigenvalue weighted by Gasteiger charge is -2.56. The summed E-state index contributed by atoms with van der Waals surface area (Å²) in [7, 11) is -4.21. The average molecular weight is 286 g/mol. The highest BCUT2D eigenvalue weighted by molar-refractivity contribution is 7.89. The third-order valence-corrected chi connectivity index (χ3v) is 5.48. The Labute approximate surface area is 105 Å². The summed E-state index contributed by atoms with van der Waals surface area (Å²) < 4.78 is 61.2. The zero-order chi connectivity index (χ0) is 13.7. The van der Waals surface area contributed by atoms with Crippen molar-refractivity contribution in [3.05, 3.63) is 0 Å². The van der Waals surface area contributed by atoms with Gasteiger partial charge in [-0.1, -0.05) is 0 Å². The van der Waals surface area contributed by atoms with Crippen molar-refractivity contribution < 1.29 is 21.6 Å². The van der Waals surface area contributed by atoms with Gasteiger partial charge >= 0.3 is 6.18 Å². The molecule has 0 N–H and O–H groups in total. The SMILES string of the molecule is CC(C)N1CC2CC(C1)N2S(=O)(=O)CC(F)(F)F. The summed E-state index contributed by atoms with van der Waals surface area (Å²) in [6.07, 6.45) is -3.99. The summed E-state index contributed by atoms with van der Waals surface area (Å²) in [5, 5.41) is 0. The van der Waals surface area contributed by atoms with E-state index in [1.165, 1.54) is 0 Å². The van der Waals surface area contributed by atoms with Gasteiger partial charge < -0.3 is 0 Å². The highest BCUT2D eigenvalue weighted by Crippen LogP contribution is 2.37. The Morgan fingerprint density at radius 2 is 1.72 bits per heavy atom. The Hall–Kier alpha value is -0.340. The fourth-order valence-corrected chi connectivity index (χ4v) is 4.54. The van der Waals surface area contributed by atoms with Crippen LogP contribution in [0.25, 0.3) is 0 Å². The summed E-state index contributed by atoms with van der Waals surface area (Å²) in [6.45, 7) is 5.06. The first-order valence-electron chi connectivity index (χ1n) is 5.92. The van der Waals surface area contributed by atoms with Crippen molar-refractivity contribution in [3.63, 3.8) is 0 Å². The normalized spacial score (nSPS) is 30.6. The molecule has 4 nitrogen and oxygen atoms in total. The Kier molecular flexibility index (Phi) is 3.40. The van der Waals surface area contributed by atoms with Crippen LogP contribution >= 0.6 is 0 Å². The van der Waals surface area contributed by atoms with Gasteiger partial charge in [0, 0.05) is 31.2 Å². The van der Waals surface area contributed by atoms with Gasteiger partial charge in [-0.15, -0.1) is 0 Å². The molecule has 0 spiro atoms. The molecule has 0 aromatic carbocycles. The van der Waals surface area contributed by atoms with Crippen LogP contribution in [-0.2, 0) is 10.0 Å². The molecule has 8 heteroatoms. The molecule has 3 heterocycles. The topological polar surface area (TPSA) is 40.6 Å². The lowest BCUT2D eigenvalue weighted by molar-refractivity contribution is -0.108. The summed E-state index contributed by atoms with van der Waals surface area (Å²) >= 11 is 0. The summed E-state index contributed by atoms with van der Waals surface area (Å²) in [5.41, 5.74) is 0. The van der Waals surface area contributed by atoms with Gasteiger partial charge in [0.05, 0.1) is 0 Å². The Balaban J connectivity index is 2.06. The molecular formula is C10H17F3N2O2S. The van der Waals surface area contributed by atoms with E-state index >= 15 is 0 Å². The molecule has 2 bridgehead atoms. The predicted octanol–water partition coefficient (Wildman–Crippen LogP) is 1.05. The fourth-order valence-electron chi connectivity index (χ4n) is 2.77. The molecular weight excluding hydrogens is 269 g/mol. The molecule has 2 atom stereocenters. The largest absolute Gasteiger partial charge is 0.404 e. The second-order valence-corrected chi connectivity index (χ2v) is 7.17. The van der Waals surface area contributed by atoms with E-state index in [4.69, 9.17) is 0 Å². The summed E-state index contributed by atoms with van der Waals surface area (Å²) in [4.78, 5) is 2.11. The fraction of sp³-hybridized carbons (Fsp3) is 1.00. The van der Waals surface area contributed by atoms with Gasteiger partial charge in [-0.3, -0.25) is 4.90 Å². The van der Waals surface area contributed by atoms with Crippen LogP contribution in [0.4, 0.5) is 13.2 Å². The molecule has 0 saturated carbocycles. The minimum absolute atomic E-state index is 0.279. The molecule has 3 saturated heterocycles. The van der Waals surface area contributed by atoms with Crippen molar-refractivity contribution in [2.75, 3.05) is 18.8 Å². The summed E-state index contributed by atoms with van der Waals surface area (Å²) in [5.74, 6) is -1.74.